The number of rotatable bonds is 9. The lowest BCUT2D eigenvalue weighted by molar-refractivity contribution is 0.672. The van der Waals surface area contributed by atoms with Gasteiger partial charge in [-0.1, -0.05) is 206 Å². The van der Waals surface area contributed by atoms with Gasteiger partial charge in [-0.15, -0.1) is 0 Å². The summed E-state index contributed by atoms with van der Waals surface area (Å²) in [5, 5.41) is 4.53. The first-order valence-electron chi connectivity index (χ1n) is 25.8. The third-order valence-electron chi connectivity index (χ3n) is 15.7. The highest BCUT2D eigenvalue weighted by molar-refractivity contribution is 6.15. The zero-order valence-corrected chi connectivity index (χ0v) is 40.5. The van der Waals surface area contributed by atoms with Crippen molar-refractivity contribution in [2.24, 2.45) is 0 Å². The molecule has 2 nitrogen and oxygen atoms in total. The molecule has 1 aromatic heterocycles. The zero-order valence-electron chi connectivity index (χ0n) is 40.5. The molecule has 3 aliphatic carbocycles. The number of fused-ring (bicyclic) bond motifs is 8. The van der Waals surface area contributed by atoms with Crippen molar-refractivity contribution in [3.05, 3.63) is 294 Å². The zero-order chi connectivity index (χ0) is 48.3. The lowest BCUT2D eigenvalue weighted by Gasteiger charge is -2.35. The fraction of sp³-hybridized carbons (Fsp3) is 0.0704. The van der Waals surface area contributed by atoms with E-state index in [1.54, 1.807) is 0 Å². The van der Waals surface area contributed by atoms with Crippen LogP contribution in [-0.2, 0) is 5.41 Å². The summed E-state index contributed by atoms with van der Waals surface area (Å²) in [5.41, 5.74) is 22.1. The molecule has 0 N–H and O–H groups in total. The summed E-state index contributed by atoms with van der Waals surface area (Å²) in [7, 11) is 0. The molecule has 2 heteroatoms. The van der Waals surface area contributed by atoms with Crippen LogP contribution < -0.4 is 4.90 Å². The highest BCUT2D eigenvalue weighted by Gasteiger charge is 2.46. The van der Waals surface area contributed by atoms with Gasteiger partial charge >= 0.3 is 0 Å². The van der Waals surface area contributed by atoms with Crippen molar-refractivity contribution in [2.75, 3.05) is 4.90 Å². The minimum Gasteiger partial charge on any atom is -0.455 e. The van der Waals surface area contributed by atoms with Crippen LogP contribution in [0.2, 0.25) is 0 Å². The molecule has 1 heterocycles. The van der Waals surface area contributed by atoms with Gasteiger partial charge in [-0.05, 0) is 158 Å². The van der Waals surface area contributed by atoms with Crippen LogP contribution in [0.1, 0.15) is 59.1 Å². The second-order valence-corrected chi connectivity index (χ2v) is 19.7. The Bertz CT molecular complexity index is 4030. The first kappa shape index (κ1) is 42.9. The minimum atomic E-state index is -0.548. The van der Waals surface area contributed by atoms with Crippen LogP contribution in [0, 0.1) is 0 Å². The minimum absolute atomic E-state index is 0.548. The third-order valence-corrected chi connectivity index (χ3v) is 15.7. The van der Waals surface area contributed by atoms with Gasteiger partial charge in [0.25, 0.3) is 0 Å². The van der Waals surface area contributed by atoms with Crippen LogP contribution in [-0.4, -0.2) is 0 Å². The molecule has 0 bridgehead atoms. The van der Waals surface area contributed by atoms with E-state index >= 15 is 0 Å². The van der Waals surface area contributed by atoms with Crippen LogP contribution in [0.3, 0.4) is 0 Å². The second kappa shape index (κ2) is 17.7. The van der Waals surface area contributed by atoms with Gasteiger partial charge < -0.3 is 9.32 Å². The molecule has 0 unspecified atom stereocenters. The van der Waals surface area contributed by atoms with Gasteiger partial charge in [0, 0.05) is 33.1 Å². The summed E-state index contributed by atoms with van der Waals surface area (Å²) in [6.45, 7) is 0. The Morgan fingerprint density at radius 2 is 1.12 bits per heavy atom. The van der Waals surface area contributed by atoms with Crippen molar-refractivity contribution in [1.82, 2.24) is 0 Å². The van der Waals surface area contributed by atoms with E-state index in [0.29, 0.717) is 0 Å². The highest BCUT2D eigenvalue weighted by atomic mass is 16.3. The quantitative estimate of drug-likeness (QED) is 0.143. The molecule has 0 aliphatic heterocycles. The molecule has 0 amide bonds. The fourth-order valence-corrected chi connectivity index (χ4v) is 12.3. The van der Waals surface area contributed by atoms with Gasteiger partial charge in [0.05, 0.1) is 11.1 Å². The molecule has 346 valence electrons. The fourth-order valence-electron chi connectivity index (χ4n) is 12.3. The summed E-state index contributed by atoms with van der Waals surface area (Å²) < 4.78 is 6.64. The maximum atomic E-state index is 6.64. The van der Waals surface area contributed by atoms with Crippen molar-refractivity contribution in [2.45, 2.75) is 31.1 Å². The Morgan fingerprint density at radius 3 is 1.92 bits per heavy atom. The van der Waals surface area contributed by atoms with Crippen molar-refractivity contribution in [3.63, 3.8) is 0 Å². The van der Waals surface area contributed by atoms with Crippen LogP contribution >= 0.6 is 0 Å². The molecule has 3 aliphatic rings. The standard InChI is InChI=1S/C71H51NO/c1-5-19-49(20-6-1)58-41-36-52(45-64(58)50-21-7-2-8-22-50)48-33-38-56(39-34-48)72(68-32-18-16-28-59(68)53-37-44-69-65(46-53)63-42-35-51-23-13-14-29-60(51)70(63)73-69)57-40-43-62-61-30-15-17-31-66(61)71(67(62)47-57,54-24-9-3-10-25-54)55-26-11-4-12-27-55/h2-5,7,9-21,23-47H,1,6,8,22H2. The normalized spacial score (nSPS) is 14.5. The largest absolute Gasteiger partial charge is 0.455 e. The third kappa shape index (κ3) is 7.08. The molecule has 14 rings (SSSR count). The van der Waals surface area contributed by atoms with E-state index in [4.69, 9.17) is 4.42 Å². The van der Waals surface area contributed by atoms with Crippen molar-refractivity contribution in [3.8, 4) is 33.4 Å². The van der Waals surface area contributed by atoms with Crippen LogP contribution in [0.5, 0.6) is 0 Å². The molecule has 0 atom stereocenters. The predicted octanol–water partition coefficient (Wildman–Crippen LogP) is 19.4. The van der Waals surface area contributed by atoms with Crippen molar-refractivity contribution < 1.29 is 4.42 Å². The van der Waals surface area contributed by atoms with Gasteiger partial charge in [0.1, 0.15) is 11.2 Å². The van der Waals surface area contributed by atoms with Gasteiger partial charge in [-0.3, -0.25) is 0 Å². The van der Waals surface area contributed by atoms with E-state index < -0.39 is 5.41 Å². The molecule has 11 aromatic rings. The monoisotopic (exact) mass is 933 g/mol. The maximum Gasteiger partial charge on any atom is 0.143 e. The molecular weight excluding hydrogens is 883 g/mol. The van der Waals surface area contributed by atoms with Crippen LogP contribution in [0.25, 0.3) is 77.2 Å². The van der Waals surface area contributed by atoms with Crippen LogP contribution in [0.4, 0.5) is 17.1 Å². The summed E-state index contributed by atoms with van der Waals surface area (Å²) in [6, 6.07) is 83.2. The predicted molar refractivity (Wildman–Crippen MR) is 307 cm³/mol. The average Bonchev–Trinajstić information content (AvgIpc) is 4.05. The number of hydrogen-bond donors (Lipinski definition) is 0. The molecule has 73 heavy (non-hydrogen) atoms. The number of benzene rings is 10. The lowest BCUT2D eigenvalue weighted by Crippen LogP contribution is -2.28. The molecule has 0 radical (unpaired) electrons. The number of allylic oxidation sites excluding steroid dienone is 8. The number of para-hydroxylation sites is 1. The Kier molecular flexibility index (Phi) is 10.4. The Balaban J connectivity index is 0.962. The SMILES string of the molecule is C1=CCCC(c2cc(-c3ccc(N(c4ccc5c(c4)C(c4ccccc4)(c4ccccc4)c4ccccc4-5)c4ccccc4-c4ccc5oc6c7ccccc7ccc6c5c4)cc3)ccc2C2=CCCC=C2)=C1. The Hall–Kier alpha value is -8.98. The molecule has 0 saturated heterocycles. The first-order chi connectivity index (χ1) is 36.2. The van der Waals surface area contributed by atoms with E-state index in [2.05, 4.69) is 266 Å². The van der Waals surface area contributed by atoms with Crippen LogP contribution in [0.15, 0.2) is 265 Å². The summed E-state index contributed by atoms with van der Waals surface area (Å²) in [5.74, 6) is 0. The second-order valence-electron chi connectivity index (χ2n) is 19.7. The topological polar surface area (TPSA) is 16.4 Å². The maximum absolute atomic E-state index is 6.64. The number of hydrogen-bond acceptors (Lipinski definition) is 2. The molecule has 0 spiro atoms. The smallest absolute Gasteiger partial charge is 0.143 e. The summed E-state index contributed by atoms with van der Waals surface area (Å²) in [6.07, 6.45) is 18.1. The van der Waals surface area contributed by atoms with Crippen molar-refractivity contribution in [1.29, 1.82) is 0 Å². The van der Waals surface area contributed by atoms with E-state index in [9.17, 15) is 0 Å². The van der Waals surface area contributed by atoms with Crippen molar-refractivity contribution >= 4 is 60.9 Å². The van der Waals surface area contributed by atoms with Gasteiger partial charge in [-0.2, -0.15) is 0 Å². The molecule has 0 saturated carbocycles. The van der Waals surface area contributed by atoms with Gasteiger partial charge in [0.15, 0.2) is 0 Å². The number of nitrogens with zero attached hydrogens (tertiary/aromatic N) is 1. The Labute approximate surface area is 426 Å². The lowest BCUT2D eigenvalue weighted by atomic mass is 9.67. The average molecular weight is 934 g/mol. The van der Waals surface area contributed by atoms with E-state index in [0.717, 1.165) is 81.2 Å². The van der Waals surface area contributed by atoms with E-state index in [-0.39, 0.29) is 0 Å². The van der Waals surface area contributed by atoms with Gasteiger partial charge in [0.2, 0.25) is 0 Å². The number of furan rings is 1. The summed E-state index contributed by atoms with van der Waals surface area (Å²) in [4.78, 5) is 2.48. The Morgan fingerprint density at radius 1 is 0.425 bits per heavy atom. The molecule has 0 fully saturated rings. The number of anilines is 3. The van der Waals surface area contributed by atoms with E-state index in [1.807, 2.05) is 0 Å². The van der Waals surface area contributed by atoms with Gasteiger partial charge in [-0.25, -0.2) is 0 Å². The first-order valence-corrected chi connectivity index (χ1v) is 25.8. The molecular formula is C71H51NO. The molecule has 10 aromatic carbocycles. The van der Waals surface area contributed by atoms with E-state index in [1.165, 1.54) is 72.2 Å². The highest BCUT2D eigenvalue weighted by Crippen LogP contribution is 2.57. The summed E-state index contributed by atoms with van der Waals surface area (Å²) >= 11 is 0.